The number of hydrogen-bond acceptors (Lipinski definition) is 5. The minimum Gasteiger partial charge on any atom is -0.368 e. The summed E-state index contributed by atoms with van der Waals surface area (Å²) in [6.07, 6.45) is 1.99. The van der Waals surface area contributed by atoms with Crippen LogP contribution < -0.4 is 10.5 Å². The van der Waals surface area contributed by atoms with Crippen LogP contribution in [0, 0.1) is 6.92 Å². The van der Waals surface area contributed by atoms with Crippen LogP contribution in [0.3, 0.4) is 0 Å². The maximum atomic E-state index is 12.5. The first kappa shape index (κ1) is 18.6. The third kappa shape index (κ3) is 4.04. The summed E-state index contributed by atoms with van der Waals surface area (Å²) < 4.78 is 12.5. The van der Waals surface area contributed by atoms with Gasteiger partial charge in [0.15, 0.2) is 0 Å². The zero-order valence-electron chi connectivity index (χ0n) is 16.0. The third-order valence-corrected chi connectivity index (χ3v) is 5.20. The largest absolute Gasteiger partial charge is 0.368 e. The summed E-state index contributed by atoms with van der Waals surface area (Å²) in [4.78, 5) is 28.3. The van der Waals surface area contributed by atoms with Crippen LogP contribution in [0.5, 0.6) is 0 Å². The van der Waals surface area contributed by atoms with Gasteiger partial charge < -0.3 is 9.88 Å². The highest BCUT2D eigenvalue weighted by Gasteiger charge is 2.18. The monoisotopic (exact) mass is 381 g/mol. The molecule has 0 aliphatic carbocycles. The minimum atomic E-state index is -0.579. The maximum Gasteiger partial charge on any atom is 0.270 e. The smallest absolute Gasteiger partial charge is 0.270 e. The molecule has 1 aliphatic rings. The molecule has 3 heterocycles. The number of aromatic nitrogens is 3. The van der Waals surface area contributed by atoms with Crippen molar-refractivity contribution in [1.82, 2.24) is 19.9 Å². The summed E-state index contributed by atoms with van der Waals surface area (Å²) in [6.45, 7) is 6.10. The summed E-state index contributed by atoms with van der Waals surface area (Å²) in [5, 5.41) is 0. The van der Waals surface area contributed by atoms with Crippen LogP contribution in [0.15, 0.2) is 41.3 Å². The van der Waals surface area contributed by atoms with Crippen molar-refractivity contribution in [1.29, 1.82) is 0 Å². The van der Waals surface area contributed by atoms with E-state index >= 15 is 0 Å². The molecule has 146 valence electrons. The number of anilines is 1. The Labute approximate surface area is 163 Å². The number of halogens is 1. The highest BCUT2D eigenvalue weighted by molar-refractivity contribution is 5.74. The van der Waals surface area contributed by atoms with Crippen LogP contribution >= 0.6 is 0 Å². The fourth-order valence-corrected chi connectivity index (χ4v) is 3.60. The molecule has 1 aliphatic heterocycles. The van der Waals surface area contributed by atoms with Crippen LogP contribution in [0.4, 0.5) is 10.1 Å². The van der Waals surface area contributed by atoms with E-state index in [-0.39, 0.29) is 17.7 Å². The number of nitrogens with one attached hydrogen (secondary N) is 1. The lowest BCUT2D eigenvalue weighted by Gasteiger charge is -2.36. The molecule has 0 amide bonds. The lowest BCUT2D eigenvalue weighted by atomic mass is 10.1. The van der Waals surface area contributed by atoms with E-state index in [2.05, 4.69) is 30.8 Å². The number of hydrogen-bond donors (Lipinski definition) is 1. The summed E-state index contributed by atoms with van der Waals surface area (Å²) >= 11 is 0. The maximum absolute atomic E-state index is 12.5. The second-order valence-corrected chi connectivity index (χ2v) is 7.22. The number of aromatic amines is 1. The van der Waals surface area contributed by atoms with Gasteiger partial charge in [0.1, 0.15) is 5.69 Å². The second kappa shape index (κ2) is 8.06. The summed E-state index contributed by atoms with van der Waals surface area (Å²) in [6, 6.07) is 10.1. The molecule has 7 heteroatoms. The highest BCUT2D eigenvalue weighted by Crippen LogP contribution is 2.18. The summed E-state index contributed by atoms with van der Waals surface area (Å²) in [7, 11) is 0. The molecular formula is C21H24FN5O. The van der Waals surface area contributed by atoms with E-state index in [9.17, 15) is 9.18 Å². The SMILES string of the molecule is Cc1ccc(N2CCN(Cc3ccc4nc(CCF)c(=O)[nH]c4c3)CC2)cn1. The number of piperazine rings is 1. The van der Waals surface area contributed by atoms with Gasteiger partial charge in [-0.3, -0.25) is 19.1 Å². The van der Waals surface area contributed by atoms with Crippen LogP contribution in [-0.2, 0) is 13.0 Å². The van der Waals surface area contributed by atoms with E-state index in [0.717, 1.165) is 44.0 Å². The van der Waals surface area contributed by atoms with Gasteiger partial charge in [0.25, 0.3) is 5.56 Å². The first-order valence-electron chi connectivity index (χ1n) is 9.60. The predicted molar refractivity (Wildman–Crippen MR) is 109 cm³/mol. The Balaban J connectivity index is 1.42. The lowest BCUT2D eigenvalue weighted by molar-refractivity contribution is 0.250. The van der Waals surface area contributed by atoms with Gasteiger partial charge in [0, 0.05) is 44.8 Å². The molecule has 0 atom stereocenters. The Morgan fingerprint density at radius 2 is 1.96 bits per heavy atom. The minimum absolute atomic E-state index is 0.0494. The topological polar surface area (TPSA) is 65.1 Å². The Kier molecular flexibility index (Phi) is 5.34. The van der Waals surface area contributed by atoms with Crippen molar-refractivity contribution in [2.75, 3.05) is 37.8 Å². The number of nitrogens with zero attached hydrogens (tertiary/aromatic N) is 4. The van der Waals surface area contributed by atoms with Gasteiger partial charge in [0.05, 0.1) is 29.6 Å². The number of H-pyrrole nitrogens is 1. The number of fused-ring (bicyclic) bond motifs is 1. The van der Waals surface area contributed by atoms with Gasteiger partial charge in [-0.1, -0.05) is 6.07 Å². The molecule has 1 saturated heterocycles. The molecule has 0 bridgehead atoms. The Morgan fingerprint density at radius 3 is 2.68 bits per heavy atom. The normalized spacial score (nSPS) is 15.3. The van der Waals surface area contributed by atoms with Crippen molar-refractivity contribution in [3.05, 3.63) is 63.8 Å². The van der Waals surface area contributed by atoms with E-state index in [1.54, 1.807) is 0 Å². The molecule has 0 spiro atoms. The van der Waals surface area contributed by atoms with Crippen molar-refractivity contribution in [3.8, 4) is 0 Å². The molecule has 28 heavy (non-hydrogen) atoms. The highest BCUT2D eigenvalue weighted by atomic mass is 19.1. The number of pyridine rings is 1. The van der Waals surface area contributed by atoms with E-state index in [1.807, 2.05) is 37.4 Å². The number of aryl methyl sites for hydroxylation is 2. The van der Waals surface area contributed by atoms with Gasteiger partial charge in [0.2, 0.25) is 0 Å². The average molecular weight is 381 g/mol. The van der Waals surface area contributed by atoms with E-state index in [0.29, 0.717) is 11.0 Å². The zero-order chi connectivity index (χ0) is 19.5. The van der Waals surface area contributed by atoms with Gasteiger partial charge in [-0.2, -0.15) is 0 Å². The summed E-state index contributed by atoms with van der Waals surface area (Å²) in [5.74, 6) is 0. The molecular weight excluding hydrogens is 357 g/mol. The van der Waals surface area contributed by atoms with Gasteiger partial charge in [-0.15, -0.1) is 0 Å². The molecule has 2 aromatic heterocycles. The predicted octanol–water partition coefficient (Wildman–Crippen LogP) is 2.46. The molecule has 0 saturated carbocycles. The molecule has 1 aromatic carbocycles. The van der Waals surface area contributed by atoms with Crippen LogP contribution in [-0.4, -0.2) is 52.7 Å². The molecule has 1 fully saturated rings. The Hall–Kier alpha value is -2.80. The molecule has 1 N–H and O–H groups in total. The van der Waals surface area contributed by atoms with E-state index in [4.69, 9.17) is 0 Å². The Bertz CT molecular complexity index is 1010. The van der Waals surface area contributed by atoms with Crippen LogP contribution in [0.2, 0.25) is 0 Å². The number of alkyl halides is 1. The van der Waals surface area contributed by atoms with Gasteiger partial charge in [-0.05, 0) is 36.8 Å². The van der Waals surface area contributed by atoms with Crippen LogP contribution in [0.1, 0.15) is 17.0 Å². The summed E-state index contributed by atoms with van der Waals surface area (Å²) in [5.41, 5.74) is 4.69. The number of rotatable bonds is 5. The van der Waals surface area contributed by atoms with E-state index < -0.39 is 6.67 Å². The second-order valence-electron chi connectivity index (χ2n) is 7.22. The third-order valence-electron chi connectivity index (χ3n) is 5.20. The van der Waals surface area contributed by atoms with Crippen molar-refractivity contribution in [2.24, 2.45) is 0 Å². The molecule has 0 radical (unpaired) electrons. The first-order chi connectivity index (χ1) is 13.6. The van der Waals surface area contributed by atoms with Gasteiger partial charge in [-0.25, -0.2) is 4.98 Å². The van der Waals surface area contributed by atoms with Crippen molar-refractivity contribution < 1.29 is 4.39 Å². The standard InChI is InChI=1S/C21H24FN5O/c1-15-2-4-17(13-23-15)27-10-8-26(9-11-27)14-16-3-5-18-20(12-16)25-21(28)19(24-18)6-7-22/h2-5,12-13H,6-11,14H2,1H3,(H,25,28). The lowest BCUT2D eigenvalue weighted by Crippen LogP contribution is -2.46. The van der Waals surface area contributed by atoms with Crippen molar-refractivity contribution in [2.45, 2.75) is 19.9 Å². The van der Waals surface area contributed by atoms with Crippen LogP contribution in [0.25, 0.3) is 11.0 Å². The Morgan fingerprint density at radius 1 is 1.14 bits per heavy atom. The average Bonchev–Trinajstić information content (AvgIpc) is 2.70. The molecule has 4 rings (SSSR count). The molecule has 0 unspecified atom stereocenters. The quantitative estimate of drug-likeness (QED) is 0.736. The molecule has 6 nitrogen and oxygen atoms in total. The van der Waals surface area contributed by atoms with Crippen molar-refractivity contribution in [3.63, 3.8) is 0 Å². The fourth-order valence-electron chi connectivity index (χ4n) is 3.60. The number of benzene rings is 1. The molecule has 3 aromatic rings. The fraction of sp³-hybridized carbons (Fsp3) is 0.381. The first-order valence-corrected chi connectivity index (χ1v) is 9.60. The zero-order valence-corrected chi connectivity index (χ0v) is 16.0. The van der Waals surface area contributed by atoms with E-state index in [1.165, 1.54) is 5.69 Å². The van der Waals surface area contributed by atoms with Gasteiger partial charge >= 0.3 is 0 Å². The van der Waals surface area contributed by atoms with Crippen molar-refractivity contribution >= 4 is 16.7 Å².